The number of hydrogen-bond donors (Lipinski definition) is 3. The number of thiophene rings is 1. The Morgan fingerprint density at radius 3 is 2.63 bits per heavy atom. The molecular weight excluding hydrogens is 309 g/mol. The number of nitrogens with one attached hydrogen (secondary N) is 1. The Bertz CT molecular complexity index is 610. The smallest absolute Gasteiger partial charge is 0.263 e. The average molecular weight is 320 g/mol. The van der Waals surface area contributed by atoms with E-state index in [9.17, 15) is 4.79 Å². The van der Waals surface area contributed by atoms with Gasteiger partial charge in [-0.25, -0.2) is 0 Å². The van der Waals surface area contributed by atoms with Gasteiger partial charge in [0, 0.05) is 15.1 Å². The van der Waals surface area contributed by atoms with Crippen LogP contribution in [-0.4, -0.2) is 35.4 Å². The van der Waals surface area contributed by atoms with E-state index in [1.54, 1.807) is 18.2 Å². The third-order valence-electron chi connectivity index (χ3n) is 2.57. The number of carbonyl (C=O) groups excluding carboxylic acids is 1. The van der Waals surface area contributed by atoms with Crippen LogP contribution < -0.4 is 5.32 Å². The van der Waals surface area contributed by atoms with E-state index in [-0.39, 0.29) is 13.2 Å². The zero-order chi connectivity index (χ0) is 14.0. The van der Waals surface area contributed by atoms with Crippen LogP contribution >= 0.6 is 34.5 Å². The Morgan fingerprint density at radius 1 is 1.32 bits per heavy atom. The minimum atomic E-state index is -0.697. The first-order valence-corrected chi connectivity index (χ1v) is 7.04. The van der Waals surface area contributed by atoms with Crippen LogP contribution in [0.5, 0.6) is 0 Å². The molecule has 3 N–H and O–H groups in total. The van der Waals surface area contributed by atoms with Crippen molar-refractivity contribution in [2.45, 2.75) is 6.04 Å². The van der Waals surface area contributed by atoms with Crippen LogP contribution in [0.2, 0.25) is 10.0 Å². The molecule has 0 saturated heterocycles. The number of aliphatic hydroxyl groups is 2. The second-order valence-corrected chi connectivity index (χ2v) is 5.79. The number of amides is 1. The summed E-state index contributed by atoms with van der Waals surface area (Å²) in [7, 11) is 0. The first-order chi connectivity index (χ1) is 9.06. The van der Waals surface area contributed by atoms with E-state index < -0.39 is 11.9 Å². The number of carbonyl (C=O) groups is 1. The largest absolute Gasteiger partial charge is 0.394 e. The Balaban J connectivity index is 2.34. The summed E-state index contributed by atoms with van der Waals surface area (Å²) in [6.07, 6.45) is 0. The van der Waals surface area contributed by atoms with Crippen LogP contribution in [0.4, 0.5) is 0 Å². The number of aliphatic hydroxyl groups excluding tert-OH is 2. The van der Waals surface area contributed by atoms with E-state index in [1.807, 2.05) is 0 Å². The molecule has 0 aliphatic heterocycles. The summed E-state index contributed by atoms with van der Waals surface area (Å²) in [5, 5.41) is 22.1. The fourth-order valence-corrected chi connectivity index (χ4v) is 3.28. The van der Waals surface area contributed by atoms with Gasteiger partial charge in [0.2, 0.25) is 0 Å². The molecule has 0 atom stereocenters. The van der Waals surface area contributed by atoms with Crippen molar-refractivity contribution in [1.82, 2.24) is 5.32 Å². The molecule has 1 amide bonds. The molecule has 0 unspecified atom stereocenters. The minimum absolute atomic E-state index is 0.337. The van der Waals surface area contributed by atoms with Crippen molar-refractivity contribution in [3.05, 3.63) is 33.1 Å². The summed E-state index contributed by atoms with van der Waals surface area (Å²) >= 11 is 13.3. The molecule has 1 heterocycles. The molecule has 0 radical (unpaired) electrons. The third-order valence-corrected chi connectivity index (χ3v) is 4.46. The molecule has 4 nitrogen and oxygen atoms in total. The maximum absolute atomic E-state index is 12.0. The Morgan fingerprint density at radius 2 is 2.00 bits per heavy atom. The monoisotopic (exact) mass is 319 g/mol. The minimum Gasteiger partial charge on any atom is -0.394 e. The Kier molecular flexibility index (Phi) is 4.65. The number of rotatable bonds is 4. The van der Waals surface area contributed by atoms with Crippen molar-refractivity contribution < 1.29 is 15.0 Å². The summed E-state index contributed by atoms with van der Waals surface area (Å²) in [5.74, 6) is -0.421. The highest BCUT2D eigenvalue weighted by atomic mass is 35.5. The standard InChI is InChI=1S/C12H11Cl2NO3S/c13-6-1-2-8-9(3-6)19-11(10(8)14)12(18)15-7(4-16)5-17/h1-3,7,16-17H,4-5H2,(H,15,18). The van der Waals surface area contributed by atoms with Crippen molar-refractivity contribution in [2.75, 3.05) is 13.2 Å². The van der Waals surface area contributed by atoms with Gasteiger partial charge in [-0.2, -0.15) is 0 Å². The molecule has 19 heavy (non-hydrogen) atoms. The van der Waals surface area contributed by atoms with Gasteiger partial charge in [-0.3, -0.25) is 4.79 Å². The van der Waals surface area contributed by atoms with Gasteiger partial charge in [0.1, 0.15) is 4.88 Å². The normalized spacial score (nSPS) is 11.2. The molecule has 0 aliphatic rings. The van der Waals surface area contributed by atoms with Gasteiger partial charge in [0.15, 0.2) is 0 Å². The Hall–Kier alpha value is -0.850. The van der Waals surface area contributed by atoms with Crippen molar-refractivity contribution in [1.29, 1.82) is 0 Å². The molecule has 102 valence electrons. The molecule has 7 heteroatoms. The van der Waals surface area contributed by atoms with Gasteiger partial charge < -0.3 is 15.5 Å². The summed E-state index contributed by atoms with van der Waals surface area (Å²) < 4.78 is 0.812. The van der Waals surface area contributed by atoms with Gasteiger partial charge in [-0.15, -0.1) is 11.3 Å². The molecule has 0 fully saturated rings. The fourth-order valence-electron chi connectivity index (χ4n) is 1.59. The molecule has 0 saturated carbocycles. The molecule has 0 spiro atoms. The number of benzene rings is 1. The number of fused-ring (bicyclic) bond motifs is 1. The summed E-state index contributed by atoms with van der Waals surface area (Å²) in [4.78, 5) is 12.3. The molecule has 0 aliphatic carbocycles. The van der Waals surface area contributed by atoms with Crippen LogP contribution in [0.15, 0.2) is 18.2 Å². The lowest BCUT2D eigenvalue weighted by Crippen LogP contribution is -2.39. The SMILES string of the molecule is O=C(NC(CO)CO)c1sc2cc(Cl)ccc2c1Cl. The van der Waals surface area contributed by atoms with Gasteiger partial charge in [0.25, 0.3) is 5.91 Å². The van der Waals surface area contributed by atoms with E-state index >= 15 is 0 Å². The maximum Gasteiger partial charge on any atom is 0.263 e. The zero-order valence-corrected chi connectivity index (χ0v) is 12.0. The summed E-state index contributed by atoms with van der Waals surface area (Å²) in [6, 6.07) is 4.49. The fraction of sp³-hybridized carbons (Fsp3) is 0.250. The zero-order valence-electron chi connectivity index (χ0n) is 9.69. The molecule has 1 aromatic heterocycles. The van der Waals surface area contributed by atoms with Crippen molar-refractivity contribution in [3.8, 4) is 0 Å². The second kappa shape index (κ2) is 6.07. The highest BCUT2D eigenvalue weighted by Gasteiger charge is 2.19. The number of hydrogen-bond acceptors (Lipinski definition) is 4. The van der Waals surface area contributed by atoms with Gasteiger partial charge in [-0.05, 0) is 12.1 Å². The third kappa shape index (κ3) is 3.01. The lowest BCUT2D eigenvalue weighted by Gasteiger charge is -2.12. The van der Waals surface area contributed by atoms with Crippen molar-refractivity contribution >= 4 is 50.5 Å². The number of halogens is 2. The predicted molar refractivity (Wildman–Crippen MR) is 77.3 cm³/mol. The van der Waals surface area contributed by atoms with E-state index in [1.165, 1.54) is 11.3 Å². The van der Waals surface area contributed by atoms with E-state index in [4.69, 9.17) is 33.4 Å². The summed E-state index contributed by atoms with van der Waals surface area (Å²) in [6.45, 7) is -0.673. The molecule has 1 aromatic carbocycles. The van der Waals surface area contributed by atoms with Crippen LogP contribution in [0.3, 0.4) is 0 Å². The predicted octanol–water partition coefficient (Wildman–Crippen LogP) is 2.29. The van der Waals surface area contributed by atoms with E-state index in [0.717, 1.165) is 10.1 Å². The van der Waals surface area contributed by atoms with E-state index in [0.29, 0.717) is 14.9 Å². The quantitative estimate of drug-likeness (QED) is 0.809. The highest BCUT2D eigenvalue weighted by molar-refractivity contribution is 7.21. The van der Waals surface area contributed by atoms with Crippen LogP contribution in [-0.2, 0) is 0 Å². The van der Waals surface area contributed by atoms with Crippen LogP contribution in [0.1, 0.15) is 9.67 Å². The molecular formula is C12H11Cl2NO3S. The lowest BCUT2D eigenvalue weighted by atomic mass is 10.2. The summed E-state index contributed by atoms with van der Waals surface area (Å²) in [5.41, 5.74) is 0. The Labute approximate surface area is 123 Å². The lowest BCUT2D eigenvalue weighted by molar-refractivity contribution is 0.0883. The van der Waals surface area contributed by atoms with Gasteiger partial charge in [0.05, 0.1) is 24.3 Å². The molecule has 2 aromatic rings. The first-order valence-electron chi connectivity index (χ1n) is 5.47. The second-order valence-electron chi connectivity index (χ2n) is 3.92. The van der Waals surface area contributed by atoms with Gasteiger partial charge in [-0.1, -0.05) is 29.3 Å². The molecule has 2 rings (SSSR count). The average Bonchev–Trinajstić information content (AvgIpc) is 2.72. The van der Waals surface area contributed by atoms with Crippen LogP contribution in [0.25, 0.3) is 10.1 Å². The highest BCUT2D eigenvalue weighted by Crippen LogP contribution is 2.36. The molecule has 0 bridgehead atoms. The van der Waals surface area contributed by atoms with Gasteiger partial charge >= 0.3 is 0 Å². The van der Waals surface area contributed by atoms with Crippen molar-refractivity contribution in [2.24, 2.45) is 0 Å². The topological polar surface area (TPSA) is 69.6 Å². The van der Waals surface area contributed by atoms with E-state index in [2.05, 4.69) is 5.32 Å². The van der Waals surface area contributed by atoms with Crippen LogP contribution in [0, 0.1) is 0 Å². The first kappa shape index (κ1) is 14.6. The maximum atomic E-state index is 12.0. The van der Waals surface area contributed by atoms with Crippen molar-refractivity contribution in [3.63, 3.8) is 0 Å².